The van der Waals surface area contributed by atoms with E-state index < -0.39 is 0 Å². The average molecular weight is 249 g/mol. The molecule has 2 atom stereocenters. The Hall–Kier alpha value is 0.220. The van der Waals surface area contributed by atoms with E-state index in [1.807, 2.05) is 6.26 Å². The Kier molecular flexibility index (Phi) is 5.22. The quantitative estimate of drug-likeness (QED) is 0.813. The van der Waals surface area contributed by atoms with Crippen molar-refractivity contribution in [2.24, 2.45) is 5.73 Å². The molecule has 3 nitrogen and oxygen atoms in total. The van der Waals surface area contributed by atoms with Gasteiger partial charge >= 0.3 is 0 Å². The van der Waals surface area contributed by atoms with Crippen LogP contribution in [-0.4, -0.2) is 27.7 Å². The van der Waals surface area contributed by atoms with Gasteiger partial charge in [-0.3, -0.25) is 0 Å². The van der Waals surface area contributed by atoms with Gasteiger partial charge in [-0.05, 0) is 12.7 Å². The zero-order valence-electron chi connectivity index (χ0n) is 8.56. The van der Waals surface area contributed by atoms with Crippen LogP contribution >= 0.6 is 34.9 Å². The fourth-order valence-corrected chi connectivity index (χ4v) is 3.73. The van der Waals surface area contributed by atoms with E-state index in [4.69, 9.17) is 5.73 Å². The van der Waals surface area contributed by atoms with Gasteiger partial charge in [-0.1, -0.05) is 48.7 Å². The van der Waals surface area contributed by atoms with E-state index in [2.05, 4.69) is 24.0 Å². The Balaban J connectivity index is 2.51. The van der Waals surface area contributed by atoms with Crippen molar-refractivity contribution in [2.45, 2.75) is 40.2 Å². The van der Waals surface area contributed by atoms with Gasteiger partial charge in [0.25, 0.3) is 0 Å². The van der Waals surface area contributed by atoms with Crippen molar-refractivity contribution in [1.82, 2.24) is 10.2 Å². The number of thioether (sulfide) groups is 2. The van der Waals surface area contributed by atoms with Crippen molar-refractivity contribution in [3.05, 3.63) is 0 Å². The van der Waals surface area contributed by atoms with Gasteiger partial charge in [0.05, 0.1) is 0 Å². The summed E-state index contributed by atoms with van der Waals surface area (Å²) in [5, 5.41) is 8.55. The largest absolute Gasteiger partial charge is 0.327 e. The van der Waals surface area contributed by atoms with Crippen molar-refractivity contribution in [3.8, 4) is 0 Å². The van der Waals surface area contributed by atoms with Gasteiger partial charge in [-0.25, -0.2) is 0 Å². The molecule has 0 saturated heterocycles. The number of hydrogen-bond acceptors (Lipinski definition) is 6. The van der Waals surface area contributed by atoms with Crippen LogP contribution in [0.2, 0.25) is 0 Å². The number of hydrogen-bond donors (Lipinski definition) is 1. The van der Waals surface area contributed by atoms with Crippen LogP contribution in [-0.2, 0) is 0 Å². The molecule has 2 unspecified atom stereocenters. The average Bonchev–Trinajstić information content (AvgIpc) is 2.64. The predicted octanol–water partition coefficient (Wildman–Crippen LogP) is 2.48. The van der Waals surface area contributed by atoms with Crippen molar-refractivity contribution >= 4 is 34.9 Å². The molecule has 0 bridgehead atoms. The molecule has 80 valence electrons. The molecule has 1 aromatic rings. The van der Waals surface area contributed by atoms with Crippen LogP contribution in [0.3, 0.4) is 0 Å². The number of nitrogens with zero attached hydrogens (tertiary/aromatic N) is 2. The maximum absolute atomic E-state index is 5.93. The highest BCUT2D eigenvalue weighted by molar-refractivity contribution is 8.03. The molecule has 0 aliphatic carbocycles. The second-order valence-electron chi connectivity index (χ2n) is 2.93. The van der Waals surface area contributed by atoms with Crippen LogP contribution < -0.4 is 5.73 Å². The van der Waals surface area contributed by atoms with E-state index in [1.165, 1.54) is 0 Å². The lowest BCUT2D eigenvalue weighted by molar-refractivity contribution is 0.642. The summed E-state index contributed by atoms with van der Waals surface area (Å²) in [5.74, 6) is 0. The van der Waals surface area contributed by atoms with E-state index in [-0.39, 0.29) is 6.04 Å². The summed E-state index contributed by atoms with van der Waals surface area (Å²) in [6.07, 6.45) is 3.01. The van der Waals surface area contributed by atoms with E-state index in [0.717, 1.165) is 15.1 Å². The maximum atomic E-state index is 5.93. The van der Waals surface area contributed by atoms with Crippen LogP contribution in [0.5, 0.6) is 0 Å². The SMILES string of the molecule is CCC(N)C(C)Sc1nnc(SC)s1. The van der Waals surface area contributed by atoms with Gasteiger partial charge in [-0.2, -0.15) is 0 Å². The van der Waals surface area contributed by atoms with Crippen LogP contribution in [0.15, 0.2) is 8.68 Å². The first kappa shape index (κ1) is 12.3. The summed E-state index contributed by atoms with van der Waals surface area (Å²) in [6.45, 7) is 4.24. The van der Waals surface area contributed by atoms with Crippen LogP contribution in [0, 0.1) is 0 Å². The molecule has 0 amide bonds. The third kappa shape index (κ3) is 3.42. The topological polar surface area (TPSA) is 51.8 Å². The first-order valence-corrected chi connectivity index (χ1v) is 7.39. The summed E-state index contributed by atoms with van der Waals surface area (Å²) in [5.41, 5.74) is 5.93. The Bertz CT molecular complexity index is 277. The summed E-state index contributed by atoms with van der Waals surface area (Å²) >= 11 is 4.99. The third-order valence-electron chi connectivity index (χ3n) is 1.92. The lowest BCUT2D eigenvalue weighted by atomic mass is 10.2. The molecule has 14 heavy (non-hydrogen) atoms. The summed E-state index contributed by atoms with van der Waals surface area (Å²) in [4.78, 5) is 0. The molecule has 0 saturated carbocycles. The van der Waals surface area contributed by atoms with Gasteiger partial charge in [0, 0.05) is 11.3 Å². The lowest BCUT2D eigenvalue weighted by Gasteiger charge is -2.15. The van der Waals surface area contributed by atoms with E-state index >= 15 is 0 Å². The van der Waals surface area contributed by atoms with Crippen molar-refractivity contribution in [3.63, 3.8) is 0 Å². The second kappa shape index (κ2) is 5.95. The molecular weight excluding hydrogens is 234 g/mol. The minimum Gasteiger partial charge on any atom is -0.327 e. The van der Waals surface area contributed by atoms with E-state index in [0.29, 0.717) is 5.25 Å². The molecule has 2 N–H and O–H groups in total. The van der Waals surface area contributed by atoms with E-state index in [9.17, 15) is 0 Å². The first-order chi connectivity index (χ1) is 6.67. The van der Waals surface area contributed by atoms with Gasteiger partial charge in [0.1, 0.15) is 0 Å². The molecule has 1 rings (SSSR count). The van der Waals surface area contributed by atoms with Crippen molar-refractivity contribution < 1.29 is 0 Å². The van der Waals surface area contributed by atoms with Crippen LogP contribution in [0.1, 0.15) is 20.3 Å². The normalized spacial score (nSPS) is 15.4. The first-order valence-electron chi connectivity index (χ1n) is 4.47. The Labute approximate surface area is 97.3 Å². The smallest absolute Gasteiger partial charge is 0.175 e. The highest BCUT2D eigenvalue weighted by atomic mass is 32.2. The summed E-state index contributed by atoms with van der Waals surface area (Å²) in [7, 11) is 0. The second-order valence-corrected chi connectivity index (χ2v) is 6.59. The van der Waals surface area contributed by atoms with Crippen molar-refractivity contribution in [2.75, 3.05) is 6.26 Å². The minimum atomic E-state index is 0.238. The molecule has 0 spiro atoms. The maximum Gasteiger partial charge on any atom is 0.175 e. The molecule has 0 aliphatic heterocycles. The molecule has 6 heteroatoms. The van der Waals surface area contributed by atoms with Gasteiger partial charge in [0.2, 0.25) is 0 Å². The third-order valence-corrected chi connectivity index (χ3v) is 5.16. The number of rotatable bonds is 5. The van der Waals surface area contributed by atoms with Crippen molar-refractivity contribution in [1.29, 1.82) is 0 Å². The fraction of sp³-hybridized carbons (Fsp3) is 0.750. The molecule has 0 fully saturated rings. The molecule has 1 aromatic heterocycles. The van der Waals surface area contributed by atoms with Gasteiger partial charge in [0.15, 0.2) is 8.68 Å². The minimum absolute atomic E-state index is 0.238. The standard InChI is InChI=1S/C8H15N3S3/c1-4-6(9)5(2)13-8-11-10-7(12-3)14-8/h5-6H,4,9H2,1-3H3. The van der Waals surface area contributed by atoms with Gasteiger partial charge in [-0.15, -0.1) is 10.2 Å². The monoisotopic (exact) mass is 249 g/mol. The highest BCUT2D eigenvalue weighted by Crippen LogP contribution is 2.31. The molecule has 0 aromatic carbocycles. The molecule has 0 radical (unpaired) electrons. The Morgan fingerprint density at radius 2 is 2.07 bits per heavy atom. The van der Waals surface area contributed by atoms with Gasteiger partial charge < -0.3 is 5.73 Å². The lowest BCUT2D eigenvalue weighted by Crippen LogP contribution is -2.29. The Morgan fingerprint density at radius 3 is 2.57 bits per heavy atom. The highest BCUT2D eigenvalue weighted by Gasteiger charge is 2.14. The zero-order valence-corrected chi connectivity index (χ0v) is 11.0. The molecule has 1 heterocycles. The summed E-state index contributed by atoms with van der Waals surface area (Å²) in [6, 6.07) is 0.238. The zero-order chi connectivity index (χ0) is 10.6. The van der Waals surface area contributed by atoms with E-state index in [1.54, 1.807) is 34.9 Å². The number of nitrogens with two attached hydrogens (primary N) is 1. The summed E-state index contributed by atoms with van der Waals surface area (Å²) < 4.78 is 2.04. The fourth-order valence-electron chi connectivity index (χ4n) is 0.906. The Morgan fingerprint density at radius 1 is 1.43 bits per heavy atom. The number of aromatic nitrogens is 2. The predicted molar refractivity (Wildman–Crippen MR) is 65.3 cm³/mol. The van der Waals surface area contributed by atoms with Crippen LogP contribution in [0.25, 0.3) is 0 Å². The molecule has 0 aliphatic rings. The molecular formula is C8H15N3S3. The van der Waals surface area contributed by atoms with Crippen LogP contribution in [0.4, 0.5) is 0 Å².